The van der Waals surface area contributed by atoms with E-state index in [2.05, 4.69) is 16.9 Å². The Morgan fingerprint density at radius 2 is 1.76 bits per heavy atom. The molecule has 0 unspecified atom stereocenters. The zero-order valence-electron chi connectivity index (χ0n) is 20.1. The summed E-state index contributed by atoms with van der Waals surface area (Å²) in [6.45, 7) is 8.65. The molecule has 4 aromatic heterocycles. The Hall–Kier alpha value is -3.27. The highest BCUT2D eigenvalue weighted by Crippen LogP contribution is 2.23. The lowest BCUT2D eigenvalue weighted by Gasteiger charge is -2.12. The van der Waals surface area contributed by atoms with E-state index in [1.54, 1.807) is 23.2 Å². The second kappa shape index (κ2) is 9.92. The first-order valence-corrected chi connectivity index (χ1v) is 12.6. The Labute approximate surface area is 201 Å². The van der Waals surface area contributed by atoms with E-state index in [9.17, 15) is 14.4 Å². The lowest BCUT2D eigenvalue weighted by Crippen LogP contribution is -2.42. The fraction of sp³-hybridized carbons (Fsp3) is 0.458. The minimum Gasteiger partial charge on any atom is -0.325 e. The SMILES string of the molecule is CCCCn1cnc2c1c(=O)n(CC(=O)c1cc(C)n(-c3nccs3)c1C)c(=O)n2CCCC. The average molecular weight is 483 g/mol. The van der Waals surface area contributed by atoms with Crippen LogP contribution in [0.4, 0.5) is 0 Å². The van der Waals surface area contributed by atoms with Gasteiger partial charge in [0.1, 0.15) is 0 Å². The van der Waals surface area contributed by atoms with Crippen LogP contribution >= 0.6 is 11.3 Å². The van der Waals surface area contributed by atoms with E-state index in [4.69, 9.17) is 0 Å². The molecule has 0 atom stereocenters. The summed E-state index contributed by atoms with van der Waals surface area (Å²) in [5, 5.41) is 2.65. The van der Waals surface area contributed by atoms with E-state index in [0.29, 0.717) is 29.8 Å². The van der Waals surface area contributed by atoms with Crippen LogP contribution in [0.2, 0.25) is 0 Å². The molecule has 0 bridgehead atoms. The van der Waals surface area contributed by atoms with Gasteiger partial charge in [0.25, 0.3) is 5.56 Å². The molecule has 4 heterocycles. The van der Waals surface area contributed by atoms with Crippen molar-refractivity contribution in [2.75, 3.05) is 0 Å². The number of carbonyl (C=O) groups is 1. The fourth-order valence-corrected chi connectivity index (χ4v) is 5.04. The predicted octanol–water partition coefficient (Wildman–Crippen LogP) is 3.71. The van der Waals surface area contributed by atoms with E-state index < -0.39 is 11.2 Å². The molecule has 0 saturated carbocycles. The van der Waals surface area contributed by atoms with Crippen LogP contribution in [0.3, 0.4) is 0 Å². The number of ketones is 1. The Balaban J connectivity index is 1.80. The van der Waals surface area contributed by atoms with Gasteiger partial charge in [-0.3, -0.25) is 23.3 Å². The van der Waals surface area contributed by atoms with Crippen molar-refractivity contribution < 1.29 is 4.79 Å². The Bertz CT molecular complexity index is 1440. The first-order chi connectivity index (χ1) is 16.4. The molecule has 0 aliphatic carbocycles. The van der Waals surface area contributed by atoms with Crippen molar-refractivity contribution in [1.82, 2.24) is 28.2 Å². The van der Waals surface area contributed by atoms with Crippen LogP contribution < -0.4 is 11.2 Å². The van der Waals surface area contributed by atoms with Crippen LogP contribution in [-0.2, 0) is 19.6 Å². The zero-order valence-corrected chi connectivity index (χ0v) is 20.9. The first kappa shape index (κ1) is 23.9. The molecule has 0 fully saturated rings. The lowest BCUT2D eigenvalue weighted by atomic mass is 10.1. The van der Waals surface area contributed by atoms with Crippen molar-refractivity contribution in [2.45, 2.75) is 73.0 Å². The maximum atomic E-state index is 13.5. The third-order valence-corrected chi connectivity index (χ3v) is 6.87. The number of unbranched alkanes of at least 4 members (excludes halogenated alkanes) is 2. The van der Waals surface area contributed by atoms with Gasteiger partial charge in [-0.1, -0.05) is 26.7 Å². The highest BCUT2D eigenvalue weighted by atomic mass is 32.1. The van der Waals surface area contributed by atoms with E-state index >= 15 is 0 Å². The molecule has 9 nitrogen and oxygen atoms in total. The first-order valence-electron chi connectivity index (χ1n) is 11.7. The van der Waals surface area contributed by atoms with Crippen molar-refractivity contribution >= 4 is 28.3 Å². The summed E-state index contributed by atoms with van der Waals surface area (Å²) >= 11 is 1.48. The molecular weight excluding hydrogens is 452 g/mol. The van der Waals surface area contributed by atoms with Gasteiger partial charge in [0.15, 0.2) is 22.1 Å². The van der Waals surface area contributed by atoms with Gasteiger partial charge in [-0.05, 0) is 32.8 Å². The summed E-state index contributed by atoms with van der Waals surface area (Å²) in [7, 11) is 0. The van der Waals surface area contributed by atoms with Gasteiger partial charge in [-0.25, -0.2) is 14.8 Å². The van der Waals surface area contributed by atoms with E-state index in [0.717, 1.165) is 46.8 Å². The van der Waals surface area contributed by atoms with Gasteiger partial charge < -0.3 is 4.57 Å². The molecule has 0 radical (unpaired) electrons. The van der Waals surface area contributed by atoms with Gasteiger partial charge >= 0.3 is 5.69 Å². The summed E-state index contributed by atoms with van der Waals surface area (Å²) in [5.74, 6) is -0.281. The van der Waals surface area contributed by atoms with E-state index in [1.807, 2.05) is 30.7 Å². The predicted molar refractivity (Wildman–Crippen MR) is 133 cm³/mol. The number of hydrogen-bond donors (Lipinski definition) is 0. The number of Topliss-reactive ketones (excluding diaryl/α,β-unsaturated/α-hetero) is 1. The molecule has 0 N–H and O–H groups in total. The van der Waals surface area contributed by atoms with Gasteiger partial charge in [0, 0.05) is 41.6 Å². The molecule has 34 heavy (non-hydrogen) atoms. The summed E-state index contributed by atoms with van der Waals surface area (Å²) < 4.78 is 6.33. The molecule has 180 valence electrons. The maximum absolute atomic E-state index is 13.5. The number of nitrogens with zero attached hydrogens (tertiary/aromatic N) is 6. The van der Waals surface area contributed by atoms with Crippen molar-refractivity contribution in [1.29, 1.82) is 0 Å². The Morgan fingerprint density at radius 1 is 1.03 bits per heavy atom. The number of aromatic nitrogens is 6. The number of fused-ring (bicyclic) bond motifs is 1. The zero-order chi connectivity index (χ0) is 24.4. The molecule has 4 rings (SSSR count). The van der Waals surface area contributed by atoms with Gasteiger partial charge in [-0.2, -0.15) is 0 Å². The minimum atomic E-state index is -0.492. The maximum Gasteiger partial charge on any atom is 0.333 e. The van der Waals surface area contributed by atoms with Crippen molar-refractivity contribution in [3.8, 4) is 5.13 Å². The monoisotopic (exact) mass is 482 g/mol. The van der Waals surface area contributed by atoms with Crippen LogP contribution in [0.15, 0.2) is 33.6 Å². The molecule has 0 amide bonds. The number of aryl methyl sites for hydroxylation is 3. The van der Waals surface area contributed by atoms with Crippen LogP contribution in [0, 0.1) is 13.8 Å². The third-order valence-electron chi connectivity index (χ3n) is 6.12. The molecule has 0 spiro atoms. The molecule has 0 aliphatic rings. The standard InChI is InChI=1S/C24H30N6O3S/c1-5-7-10-27-15-26-21-20(27)22(32)29(24(33)28(21)11-8-6-2)14-19(31)18-13-16(3)30(17(18)4)23-25-9-12-34-23/h9,12-13,15H,5-8,10-11,14H2,1-4H3. The summed E-state index contributed by atoms with van der Waals surface area (Å²) in [4.78, 5) is 48.9. The smallest absolute Gasteiger partial charge is 0.325 e. The number of hydrogen-bond acceptors (Lipinski definition) is 6. The average Bonchev–Trinajstić information content (AvgIpc) is 3.54. The Kier molecular flexibility index (Phi) is 6.97. The third kappa shape index (κ3) is 4.18. The number of imidazole rings is 1. The molecule has 0 aromatic carbocycles. The molecule has 0 saturated heterocycles. The van der Waals surface area contributed by atoms with Gasteiger partial charge in [-0.15, -0.1) is 11.3 Å². The van der Waals surface area contributed by atoms with Crippen molar-refractivity contribution in [3.05, 3.63) is 61.8 Å². The topological polar surface area (TPSA) is 96.7 Å². The van der Waals surface area contributed by atoms with Crippen LogP contribution in [-0.4, -0.2) is 34.0 Å². The molecule has 4 aromatic rings. The van der Waals surface area contributed by atoms with Crippen molar-refractivity contribution in [2.24, 2.45) is 0 Å². The summed E-state index contributed by atoms with van der Waals surface area (Å²) in [5.41, 5.74) is 1.91. The van der Waals surface area contributed by atoms with E-state index in [1.165, 1.54) is 15.9 Å². The summed E-state index contributed by atoms with van der Waals surface area (Å²) in [6.07, 6.45) is 6.87. The second-order valence-electron chi connectivity index (χ2n) is 8.50. The number of thiazole rings is 1. The number of rotatable bonds is 10. The lowest BCUT2D eigenvalue weighted by molar-refractivity contribution is 0.0968. The largest absolute Gasteiger partial charge is 0.333 e. The van der Waals surface area contributed by atoms with Crippen LogP contribution in [0.5, 0.6) is 0 Å². The molecule has 10 heteroatoms. The highest BCUT2D eigenvalue weighted by Gasteiger charge is 2.23. The number of carbonyl (C=O) groups excluding carboxylic acids is 1. The highest BCUT2D eigenvalue weighted by molar-refractivity contribution is 7.12. The second-order valence-corrected chi connectivity index (χ2v) is 9.37. The van der Waals surface area contributed by atoms with Gasteiger partial charge in [0.2, 0.25) is 0 Å². The van der Waals surface area contributed by atoms with Crippen molar-refractivity contribution in [3.63, 3.8) is 0 Å². The van der Waals surface area contributed by atoms with Gasteiger partial charge in [0.05, 0.1) is 12.9 Å². The van der Waals surface area contributed by atoms with E-state index in [-0.39, 0.29) is 12.3 Å². The molecular formula is C24H30N6O3S. The quantitative estimate of drug-likeness (QED) is 0.321. The normalized spacial score (nSPS) is 11.5. The minimum absolute atomic E-state index is 0.281. The Morgan fingerprint density at radius 3 is 2.44 bits per heavy atom. The van der Waals surface area contributed by atoms with Crippen LogP contribution in [0.1, 0.15) is 61.3 Å². The molecule has 0 aliphatic heterocycles. The summed E-state index contributed by atoms with van der Waals surface area (Å²) in [6, 6.07) is 1.80. The fourth-order valence-electron chi connectivity index (χ4n) is 4.29. The van der Waals surface area contributed by atoms with Crippen LogP contribution in [0.25, 0.3) is 16.3 Å².